The van der Waals surface area contributed by atoms with Gasteiger partial charge in [-0.2, -0.15) is 0 Å². The maximum absolute atomic E-state index is 5.47. The summed E-state index contributed by atoms with van der Waals surface area (Å²) in [6, 6.07) is 5.99. The van der Waals surface area contributed by atoms with Crippen molar-refractivity contribution in [2.75, 3.05) is 6.54 Å². The molecule has 3 heteroatoms. The van der Waals surface area contributed by atoms with Gasteiger partial charge >= 0.3 is 0 Å². The zero-order valence-electron chi connectivity index (χ0n) is 12.6. The van der Waals surface area contributed by atoms with Crippen molar-refractivity contribution in [1.29, 1.82) is 0 Å². The SMILES string of the molecule is CC(Cc1ccco1)NC1CCCCC1C1CCCN1. The second-order valence-corrected chi connectivity index (χ2v) is 6.61. The first-order chi connectivity index (χ1) is 9.83. The third kappa shape index (κ3) is 3.44. The summed E-state index contributed by atoms with van der Waals surface area (Å²) in [5, 5.41) is 7.60. The largest absolute Gasteiger partial charge is 0.469 e. The Morgan fingerprint density at radius 1 is 1.30 bits per heavy atom. The van der Waals surface area contributed by atoms with Crippen LogP contribution in [0.2, 0.25) is 0 Å². The Morgan fingerprint density at radius 2 is 2.20 bits per heavy atom. The van der Waals surface area contributed by atoms with Gasteiger partial charge in [-0.1, -0.05) is 12.8 Å². The van der Waals surface area contributed by atoms with Gasteiger partial charge in [0.05, 0.1) is 6.26 Å². The molecule has 1 aliphatic heterocycles. The molecule has 2 aliphatic rings. The molecule has 20 heavy (non-hydrogen) atoms. The van der Waals surface area contributed by atoms with Gasteiger partial charge in [0.2, 0.25) is 0 Å². The summed E-state index contributed by atoms with van der Waals surface area (Å²) in [6.45, 7) is 3.51. The van der Waals surface area contributed by atoms with Crippen molar-refractivity contribution in [3.05, 3.63) is 24.2 Å². The Kier molecular flexibility index (Phi) is 4.79. The molecule has 1 saturated heterocycles. The van der Waals surface area contributed by atoms with Crippen molar-refractivity contribution in [3.8, 4) is 0 Å². The van der Waals surface area contributed by atoms with Crippen LogP contribution in [0.3, 0.4) is 0 Å². The van der Waals surface area contributed by atoms with E-state index in [2.05, 4.69) is 23.6 Å². The molecule has 112 valence electrons. The maximum Gasteiger partial charge on any atom is 0.105 e. The summed E-state index contributed by atoms with van der Waals surface area (Å²) in [5.74, 6) is 1.92. The highest BCUT2D eigenvalue weighted by molar-refractivity contribution is 5.01. The third-order valence-electron chi connectivity index (χ3n) is 5.02. The van der Waals surface area contributed by atoms with E-state index in [1.807, 2.05) is 6.07 Å². The molecule has 1 saturated carbocycles. The van der Waals surface area contributed by atoms with E-state index < -0.39 is 0 Å². The van der Waals surface area contributed by atoms with Gasteiger partial charge in [0.1, 0.15) is 5.76 Å². The average Bonchev–Trinajstić information content (AvgIpc) is 3.11. The summed E-state index contributed by atoms with van der Waals surface area (Å²) < 4.78 is 5.47. The Balaban J connectivity index is 1.55. The highest BCUT2D eigenvalue weighted by Crippen LogP contribution is 2.31. The Bertz CT molecular complexity index is 384. The van der Waals surface area contributed by atoms with E-state index in [0.29, 0.717) is 12.1 Å². The first-order valence-electron chi connectivity index (χ1n) is 8.35. The molecule has 3 nitrogen and oxygen atoms in total. The van der Waals surface area contributed by atoms with Crippen molar-refractivity contribution in [1.82, 2.24) is 10.6 Å². The summed E-state index contributed by atoms with van der Waals surface area (Å²) in [7, 11) is 0. The molecule has 2 fully saturated rings. The molecule has 0 radical (unpaired) electrons. The molecule has 4 atom stereocenters. The van der Waals surface area contributed by atoms with Gasteiger partial charge in [-0.3, -0.25) is 0 Å². The Morgan fingerprint density at radius 3 is 2.95 bits per heavy atom. The summed E-state index contributed by atoms with van der Waals surface area (Å²) in [4.78, 5) is 0. The van der Waals surface area contributed by atoms with Gasteiger partial charge in [0.25, 0.3) is 0 Å². The maximum atomic E-state index is 5.47. The lowest BCUT2D eigenvalue weighted by atomic mass is 9.79. The van der Waals surface area contributed by atoms with Gasteiger partial charge < -0.3 is 15.1 Å². The van der Waals surface area contributed by atoms with Crippen LogP contribution in [0.5, 0.6) is 0 Å². The molecule has 4 unspecified atom stereocenters. The Hall–Kier alpha value is -0.800. The summed E-state index contributed by atoms with van der Waals surface area (Å²) in [5.41, 5.74) is 0. The van der Waals surface area contributed by atoms with E-state index >= 15 is 0 Å². The quantitative estimate of drug-likeness (QED) is 0.867. The molecule has 1 aromatic heterocycles. The molecule has 2 heterocycles. The van der Waals surface area contributed by atoms with Gasteiger partial charge in [-0.15, -0.1) is 0 Å². The zero-order valence-corrected chi connectivity index (χ0v) is 12.6. The van der Waals surface area contributed by atoms with Crippen LogP contribution in [-0.4, -0.2) is 24.7 Å². The van der Waals surface area contributed by atoms with E-state index in [4.69, 9.17) is 4.42 Å². The normalized spacial score (nSPS) is 32.4. The number of rotatable bonds is 5. The predicted molar refractivity (Wildman–Crippen MR) is 81.8 cm³/mol. The smallest absolute Gasteiger partial charge is 0.105 e. The number of hydrogen-bond donors (Lipinski definition) is 2. The van der Waals surface area contributed by atoms with E-state index in [1.165, 1.54) is 45.1 Å². The fraction of sp³-hybridized carbons (Fsp3) is 0.765. The molecule has 1 aromatic rings. The van der Waals surface area contributed by atoms with Crippen LogP contribution in [0, 0.1) is 5.92 Å². The molecular formula is C17H28N2O. The minimum atomic E-state index is 0.494. The van der Waals surface area contributed by atoms with Crippen molar-refractivity contribution in [2.45, 2.75) is 70.0 Å². The van der Waals surface area contributed by atoms with Crippen LogP contribution >= 0.6 is 0 Å². The predicted octanol–water partition coefficient (Wildman–Crippen LogP) is 3.11. The average molecular weight is 276 g/mol. The minimum absolute atomic E-state index is 0.494. The molecule has 0 bridgehead atoms. The lowest BCUT2D eigenvalue weighted by Gasteiger charge is -2.38. The third-order valence-corrected chi connectivity index (χ3v) is 5.02. The van der Waals surface area contributed by atoms with E-state index in [-0.39, 0.29) is 0 Å². The number of nitrogens with one attached hydrogen (secondary N) is 2. The van der Waals surface area contributed by atoms with Crippen molar-refractivity contribution < 1.29 is 4.42 Å². The van der Waals surface area contributed by atoms with E-state index in [0.717, 1.165) is 24.1 Å². The van der Waals surface area contributed by atoms with Crippen molar-refractivity contribution in [2.24, 2.45) is 5.92 Å². The molecule has 3 rings (SSSR count). The lowest BCUT2D eigenvalue weighted by molar-refractivity contribution is 0.201. The second kappa shape index (κ2) is 6.77. The van der Waals surface area contributed by atoms with Crippen LogP contribution in [0.1, 0.15) is 51.2 Å². The highest BCUT2D eigenvalue weighted by Gasteiger charge is 2.33. The molecule has 2 N–H and O–H groups in total. The lowest BCUT2D eigenvalue weighted by Crippen LogP contribution is -2.50. The second-order valence-electron chi connectivity index (χ2n) is 6.61. The van der Waals surface area contributed by atoms with Gasteiger partial charge in [-0.25, -0.2) is 0 Å². The molecule has 0 aromatic carbocycles. The van der Waals surface area contributed by atoms with Crippen LogP contribution < -0.4 is 10.6 Å². The minimum Gasteiger partial charge on any atom is -0.469 e. The molecule has 0 spiro atoms. The number of hydrogen-bond acceptors (Lipinski definition) is 3. The first kappa shape index (κ1) is 14.2. The molecule has 1 aliphatic carbocycles. The molecule has 0 amide bonds. The summed E-state index contributed by atoms with van der Waals surface area (Å²) >= 11 is 0. The van der Waals surface area contributed by atoms with Crippen LogP contribution in [0.4, 0.5) is 0 Å². The summed E-state index contributed by atoms with van der Waals surface area (Å²) in [6.07, 6.45) is 11.0. The van der Waals surface area contributed by atoms with Crippen LogP contribution in [0.25, 0.3) is 0 Å². The van der Waals surface area contributed by atoms with E-state index in [9.17, 15) is 0 Å². The van der Waals surface area contributed by atoms with Gasteiger partial charge in [0, 0.05) is 24.5 Å². The number of furan rings is 1. The standard InChI is InChI=1S/C17H28N2O/c1-13(12-14-6-5-11-20-14)19-17-8-3-2-7-15(17)16-9-4-10-18-16/h5-6,11,13,15-19H,2-4,7-10,12H2,1H3. The topological polar surface area (TPSA) is 37.2 Å². The van der Waals surface area contributed by atoms with Gasteiger partial charge in [0.15, 0.2) is 0 Å². The fourth-order valence-corrected chi connectivity index (χ4v) is 4.08. The van der Waals surface area contributed by atoms with Crippen molar-refractivity contribution in [3.63, 3.8) is 0 Å². The fourth-order valence-electron chi connectivity index (χ4n) is 4.08. The molecular weight excluding hydrogens is 248 g/mol. The monoisotopic (exact) mass is 276 g/mol. The van der Waals surface area contributed by atoms with E-state index in [1.54, 1.807) is 6.26 Å². The zero-order chi connectivity index (χ0) is 13.8. The van der Waals surface area contributed by atoms with Crippen LogP contribution in [-0.2, 0) is 6.42 Å². The van der Waals surface area contributed by atoms with Crippen LogP contribution in [0.15, 0.2) is 22.8 Å². The highest BCUT2D eigenvalue weighted by atomic mass is 16.3. The first-order valence-corrected chi connectivity index (χ1v) is 8.35. The Labute approximate surface area is 122 Å². The van der Waals surface area contributed by atoms with Gasteiger partial charge in [-0.05, 0) is 57.2 Å². The van der Waals surface area contributed by atoms with Crippen molar-refractivity contribution >= 4 is 0 Å².